The van der Waals surface area contributed by atoms with Crippen LogP contribution in [0.3, 0.4) is 0 Å². The van der Waals surface area contributed by atoms with Crippen molar-refractivity contribution in [2.24, 2.45) is 0 Å². The molecule has 0 fully saturated rings. The van der Waals surface area contributed by atoms with Gasteiger partial charge >= 0.3 is 0 Å². The predicted molar refractivity (Wildman–Crippen MR) is 51.6 cm³/mol. The summed E-state index contributed by atoms with van der Waals surface area (Å²) in [6.45, 7) is 0. The Bertz CT molecular complexity index is 444. The van der Waals surface area contributed by atoms with E-state index in [0.29, 0.717) is 0 Å². The summed E-state index contributed by atoms with van der Waals surface area (Å²) in [6.07, 6.45) is 1.00. The number of hydrogen-bond acceptors (Lipinski definition) is 3. The summed E-state index contributed by atoms with van der Waals surface area (Å²) in [6, 6.07) is 2.13. The highest BCUT2D eigenvalue weighted by Crippen LogP contribution is 2.26. The van der Waals surface area contributed by atoms with Crippen LogP contribution < -0.4 is 5.73 Å². The van der Waals surface area contributed by atoms with Gasteiger partial charge in [-0.3, -0.25) is 0 Å². The number of sulfone groups is 1. The fourth-order valence-corrected chi connectivity index (χ4v) is 2.80. The van der Waals surface area contributed by atoms with Gasteiger partial charge in [0, 0.05) is 10.7 Å². The lowest BCUT2D eigenvalue weighted by atomic mass is 10.3. The van der Waals surface area contributed by atoms with E-state index in [1.807, 2.05) is 0 Å². The van der Waals surface area contributed by atoms with Gasteiger partial charge in [0.05, 0.1) is 10.6 Å². The minimum absolute atomic E-state index is 0.0840. The molecule has 0 aliphatic heterocycles. The molecular formula is C7H7BrFNO2S. The van der Waals surface area contributed by atoms with Gasteiger partial charge in [-0.1, -0.05) is 0 Å². The highest BCUT2D eigenvalue weighted by molar-refractivity contribution is 9.10. The summed E-state index contributed by atoms with van der Waals surface area (Å²) in [7, 11) is -3.42. The quantitative estimate of drug-likeness (QED) is 0.786. The van der Waals surface area contributed by atoms with E-state index >= 15 is 0 Å². The molecule has 0 unspecified atom stereocenters. The third-order valence-electron chi connectivity index (χ3n) is 1.45. The lowest BCUT2D eigenvalue weighted by Crippen LogP contribution is -2.01. The monoisotopic (exact) mass is 267 g/mol. The van der Waals surface area contributed by atoms with Gasteiger partial charge in [0.15, 0.2) is 9.84 Å². The predicted octanol–water partition coefficient (Wildman–Crippen LogP) is 1.57. The molecule has 0 aromatic heterocycles. The molecule has 0 heterocycles. The summed E-state index contributed by atoms with van der Waals surface area (Å²) in [5.41, 5.74) is 5.15. The highest BCUT2D eigenvalue weighted by Gasteiger charge is 2.14. The molecule has 1 rings (SSSR count). The Hall–Kier alpha value is -0.620. The Labute approximate surface area is 83.8 Å². The van der Waals surface area contributed by atoms with Gasteiger partial charge in [-0.25, -0.2) is 12.8 Å². The molecule has 6 heteroatoms. The Morgan fingerprint density at radius 2 is 2.00 bits per heavy atom. The van der Waals surface area contributed by atoms with E-state index in [1.165, 1.54) is 6.07 Å². The first-order valence-electron chi connectivity index (χ1n) is 3.27. The fourth-order valence-electron chi connectivity index (χ4n) is 0.828. The molecule has 0 aliphatic rings. The topological polar surface area (TPSA) is 60.2 Å². The van der Waals surface area contributed by atoms with Crippen LogP contribution in [0.5, 0.6) is 0 Å². The minimum Gasteiger partial charge on any atom is -0.396 e. The summed E-state index contributed by atoms with van der Waals surface area (Å²) < 4.78 is 35.3. The van der Waals surface area contributed by atoms with Crippen LogP contribution in [0.25, 0.3) is 0 Å². The zero-order chi connectivity index (χ0) is 10.2. The average molecular weight is 268 g/mol. The van der Waals surface area contributed by atoms with E-state index in [2.05, 4.69) is 15.9 Å². The number of halogens is 2. The Morgan fingerprint density at radius 1 is 1.46 bits per heavy atom. The second kappa shape index (κ2) is 3.26. The van der Waals surface area contributed by atoms with Gasteiger partial charge in [0.1, 0.15) is 5.82 Å². The molecule has 0 bridgehead atoms. The molecule has 0 atom stereocenters. The lowest BCUT2D eigenvalue weighted by Gasteiger charge is -2.03. The second-order valence-electron chi connectivity index (χ2n) is 2.58. The van der Waals surface area contributed by atoms with Crippen LogP contribution in [-0.2, 0) is 9.84 Å². The summed E-state index contributed by atoms with van der Waals surface area (Å²) in [5, 5.41) is 0. The number of nitrogens with two attached hydrogens (primary N) is 1. The van der Waals surface area contributed by atoms with E-state index in [1.54, 1.807) is 0 Å². The minimum atomic E-state index is -3.42. The second-order valence-corrected chi connectivity index (χ2v) is 5.41. The molecule has 0 aliphatic carbocycles. The van der Waals surface area contributed by atoms with Crippen LogP contribution >= 0.6 is 15.9 Å². The molecule has 0 spiro atoms. The van der Waals surface area contributed by atoms with E-state index in [9.17, 15) is 12.8 Å². The Kier molecular flexibility index (Phi) is 2.63. The van der Waals surface area contributed by atoms with E-state index in [4.69, 9.17) is 5.73 Å². The normalized spacial score (nSPS) is 11.6. The molecule has 1 aromatic rings. The Balaban J connectivity index is 3.50. The smallest absolute Gasteiger partial charge is 0.176 e. The van der Waals surface area contributed by atoms with Crippen molar-refractivity contribution >= 4 is 31.5 Å². The van der Waals surface area contributed by atoms with Crippen LogP contribution in [-0.4, -0.2) is 14.7 Å². The van der Waals surface area contributed by atoms with Crippen molar-refractivity contribution in [3.05, 3.63) is 22.4 Å². The molecule has 2 N–H and O–H groups in total. The van der Waals surface area contributed by atoms with E-state index in [-0.39, 0.29) is 15.1 Å². The SMILES string of the molecule is CS(=O)(=O)c1cc(F)c(N)cc1Br. The third kappa shape index (κ3) is 2.19. The molecule has 0 saturated heterocycles. The molecule has 1 aromatic carbocycles. The summed E-state index contributed by atoms with van der Waals surface area (Å²) in [5.74, 6) is -0.733. The average Bonchev–Trinajstić information content (AvgIpc) is 1.94. The molecule has 3 nitrogen and oxygen atoms in total. The molecule has 72 valence electrons. The highest BCUT2D eigenvalue weighted by atomic mass is 79.9. The van der Waals surface area contributed by atoms with Crippen LogP contribution in [0, 0.1) is 5.82 Å². The van der Waals surface area contributed by atoms with Crippen LogP contribution in [0.1, 0.15) is 0 Å². The number of anilines is 1. The molecular weight excluding hydrogens is 261 g/mol. The summed E-state index contributed by atoms with van der Waals surface area (Å²) >= 11 is 2.99. The van der Waals surface area contributed by atoms with Crippen molar-refractivity contribution in [2.45, 2.75) is 4.90 Å². The van der Waals surface area contributed by atoms with Crippen LogP contribution in [0.2, 0.25) is 0 Å². The van der Waals surface area contributed by atoms with Crippen molar-refractivity contribution in [1.82, 2.24) is 0 Å². The molecule has 13 heavy (non-hydrogen) atoms. The Morgan fingerprint density at radius 3 is 2.46 bits per heavy atom. The third-order valence-corrected chi connectivity index (χ3v) is 3.51. The maximum atomic E-state index is 12.9. The van der Waals surface area contributed by atoms with Crippen molar-refractivity contribution in [2.75, 3.05) is 12.0 Å². The van der Waals surface area contributed by atoms with Crippen molar-refractivity contribution in [3.63, 3.8) is 0 Å². The van der Waals surface area contributed by atoms with Crippen LogP contribution in [0.4, 0.5) is 10.1 Å². The fraction of sp³-hybridized carbons (Fsp3) is 0.143. The first-order chi connectivity index (χ1) is 5.82. The lowest BCUT2D eigenvalue weighted by molar-refractivity contribution is 0.596. The van der Waals surface area contributed by atoms with Gasteiger partial charge in [0.25, 0.3) is 0 Å². The molecule has 0 radical (unpaired) electrons. The first kappa shape index (κ1) is 10.5. The number of rotatable bonds is 1. The zero-order valence-electron chi connectivity index (χ0n) is 6.71. The van der Waals surface area contributed by atoms with Crippen molar-refractivity contribution in [1.29, 1.82) is 0 Å². The van der Waals surface area contributed by atoms with Crippen molar-refractivity contribution in [3.8, 4) is 0 Å². The summed E-state index contributed by atoms with van der Waals surface area (Å²) in [4.78, 5) is -0.0980. The van der Waals surface area contributed by atoms with Crippen molar-refractivity contribution < 1.29 is 12.8 Å². The van der Waals surface area contributed by atoms with Gasteiger partial charge < -0.3 is 5.73 Å². The molecule has 0 amide bonds. The number of nitrogen functional groups attached to an aromatic ring is 1. The van der Waals surface area contributed by atoms with Gasteiger partial charge in [0.2, 0.25) is 0 Å². The largest absolute Gasteiger partial charge is 0.396 e. The van der Waals surface area contributed by atoms with Gasteiger partial charge in [-0.05, 0) is 28.1 Å². The number of hydrogen-bond donors (Lipinski definition) is 1. The van der Waals surface area contributed by atoms with Gasteiger partial charge in [-0.15, -0.1) is 0 Å². The van der Waals surface area contributed by atoms with E-state index < -0.39 is 15.7 Å². The maximum Gasteiger partial charge on any atom is 0.176 e. The van der Waals surface area contributed by atoms with Gasteiger partial charge in [-0.2, -0.15) is 0 Å². The standard InChI is InChI=1S/C7H7BrFNO2S/c1-13(11,12)7-3-5(9)6(10)2-4(7)8/h2-3H,10H2,1H3. The van der Waals surface area contributed by atoms with Crippen LogP contribution in [0.15, 0.2) is 21.5 Å². The van der Waals surface area contributed by atoms with E-state index in [0.717, 1.165) is 12.3 Å². The maximum absolute atomic E-state index is 12.9. The molecule has 0 saturated carbocycles. The first-order valence-corrected chi connectivity index (χ1v) is 5.95. The number of benzene rings is 1. The zero-order valence-corrected chi connectivity index (χ0v) is 9.12.